The van der Waals surface area contributed by atoms with Gasteiger partial charge in [-0.15, -0.1) is 0 Å². The molecule has 0 unspecified atom stereocenters. The number of sulfonamides is 1. The Labute approximate surface area is 176 Å². The highest BCUT2D eigenvalue weighted by Gasteiger charge is 2.28. The summed E-state index contributed by atoms with van der Waals surface area (Å²) in [6, 6.07) is 12.3. The maximum Gasteiger partial charge on any atom is 0.255 e. The van der Waals surface area contributed by atoms with Gasteiger partial charge in [0, 0.05) is 30.2 Å². The summed E-state index contributed by atoms with van der Waals surface area (Å²) in [5, 5.41) is 3.52. The fraction of sp³-hybridized carbons (Fsp3) is 0.381. The molecular formula is C21H24ClN3O3S. The van der Waals surface area contributed by atoms with E-state index >= 15 is 0 Å². The summed E-state index contributed by atoms with van der Waals surface area (Å²) in [5.74, 6) is -0.144. The quantitative estimate of drug-likeness (QED) is 0.787. The molecule has 2 fully saturated rings. The minimum atomic E-state index is -3.29. The molecule has 154 valence electrons. The van der Waals surface area contributed by atoms with Crippen LogP contribution < -0.4 is 14.5 Å². The minimum absolute atomic E-state index is 0.144. The molecule has 0 saturated carbocycles. The first-order valence-electron chi connectivity index (χ1n) is 9.90. The molecule has 2 aromatic rings. The second-order valence-corrected chi connectivity index (χ2v) is 9.90. The van der Waals surface area contributed by atoms with E-state index in [0.717, 1.165) is 31.6 Å². The lowest BCUT2D eigenvalue weighted by molar-refractivity contribution is 0.102. The van der Waals surface area contributed by atoms with Gasteiger partial charge in [0.15, 0.2) is 0 Å². The Morgan fingerprint density at radius 2 is 1.76 bits per heavy atom. The van der Waals surface area contributed by atoms with Gasteiger partial charge in [0.1, 0.15) is 0 Å². The van der Waals surface area contributed by atoms with E-state index in [0.29, 0.717) is 34.9 Å². The summed E-state index contributed by atoms with van der Waals surface area (Å²) in [5.41, 5.74) is 2.57. The van der Waals surface area contributed by atoms with Gasteiger partial charge in [-0.25, -0.2) is 8.42 Å². The first-order chi connectivity index (χ1) is 13.9. The van der Waals surface area contributed by atoms with Gasteiger partial charge >= 0.3 is 0 Å². The van der Waals surface area contributed by atoms with Crippen molar-refractivity contribution < 1.29 is 13.2 Å². The molecule has 1 N–H and O–H groups in total. The molecule has 0 aromatic heterocycles. The molecule has 0 spiro atoms. The molecular weight excluding hydrogens is 410 g/mol. The largest absolute Gasteiger partial charge is 0.370 e. The minimum Gasteiger partial charge on any atom is -0.370 e. The second-order valence-electron chi connectivity index (χ2n) is 7.46. The van der Waals surface area contributed by atoms with Crippen LogP contribution in [0.4, 0.5) is 17.1 Å². The molecule has 2 saturated heterocycles. The van der Waals surface area contributed by atoms with E-state index in [-0.39, 0.29) is 11.7 Å². The summed E-state index contributed by atoms with van der Waals surface area (Å²) >= 11 is 6.18. The van der Waals surface area contributed by atoms with Crippen molar-refractivity contribution in [2.45, 2.75) is 25.7 Å². The normalized spacial score (nSPS) is 18.7. The number of halogens is 1. The number of carbonyl (C=O) groups excluding carboxylic acids is 1. The molecule has 2 aliphatic heterocycles. The van der Waals surface area contributed by atoms with Gasteiger partial charge < -0.3 is 10.2 Å². The zero-order chi connectivity index (χ0) is 20.4. The number of nitrogens with one attached hydrogen (secondary N) is 1. The van der Waals surface area contributed by atoms with E-state index in [4.69, 9.17) is 11.6 Å². The molecule has 2 heterocycles. The topological polar surface area (TPSA) is 69.7 Å². The highest BCUT2D eigenvalue weighted by Crippen LogP contribution is 2.32. The number of amides is 1. The van der Waals surface area contributed by atoms with Crippen LogP contribution in [0, 0.1) is 0 Å². The average Bonchev–Trinajstić information content (AvgIpc) is 3.08. The average molecular weight is 434 g/mol. The number of anilines is 3. The molecule has 4 rings (SSSR count). The molecule has 2 aliphatic rings. The van der Waals surface area contributed by atoms with Gasteiger partial charge in [-0.2, -0.15) is 0 Å². The SMILES string of the molecule is O=C(Nc1cc(Cl)ccc1N1CCCCC1)c1cccc(N2CCCS2(=O)=O)c1. The molecule has 0 aliphatic carbocycles. The van der Waals surface area contributed by atoms with Crippen LogP contribution in [0.3, 0.4) is 0 Å². The zero-order valence-corrected chi connectivity index (χ0v) is 17.7. The van der Waals surface area contributed by atoms with Crippen molar-refractivity contribution in [3.05, 3.63) is 53.1 Å². The van der Waals surface area contributed by atoms with Crippen molar-refractivity contribution in [2.24, 2.45) is 0 Å². The Balaban J connectivity index is 1.59. The van der Waals surface area contributed by atoms with Crippen LogP contribution in [0.1, 0.15) is 36.0 Å². The molecule has 6 nitrogen and oxygen atoms in total. The lowest BCUT2D eigenvalue weighted by atomic mass is 10.1. The first-order valence-corrected chi connectivity index (χ1v) is 11.9. The van der Waals surface area contributed by atoms with Crippen molar-refractivity contribution in [1.82, 2.24) is 0 Å². The maximum atomic E-state index is 12.9. The van der Waals surface area contributed by atoms with Gasteiger partial charge in [-0.1, -0.05) is 17.7 Å². The third-order valence-corrected chi connectivity index (χ3v) is 7.50. The number of nitrogens with zero attached hydrogens (tertiary/aromatic N) is 2. The van der Waals surface area contributed by atoms with Crippen molar-refractivity contribution in [3.8, 4) is 0 Å². The monoisotopic (exact) mass is 433 g/mol. The number of hydrogen-bond acceptors (Lipinski definition) is 4. The lowest BCUT2D eigenvalue weighted by Crippen LogP contribution is -2.30. The summed E-state index contributed by atoms with van der Waals surface area (Å²) in [4.78, 5) is 15.2. The van der Waals surface area contributed by atoms with Gasteiger partial charge in [0.2, 0.25) is 10.0 Å². The molecule has 29 heavy (non-hydrogen) atoms. The van der Waals surface area contributed by atoms with Crippen molar-refractivity contribution >= 4 is 44.6 Å². The van der Waals surface area contributed by atoms with Crippen LogP contribution >= 0.6 is 11.6 Å². The molecule has 0 atom stereocenters. The number of rotatable bonds is 4. The summed E-state index contributed by atoms with van der Waals surface area (Å²) in [6.45, 7) is 2.35. The molecule has 1 amide bonds. The van der Waals surface area contributed by atoms with Crippen LogP contribution in [0.15, 0.2) is 42.5 Å². The Morgan fingerprint density at radius 1 is 0.966 bits per heavy atom. The summed E-state index contributed by atoms with van der Waals surface area (Å²) in [6.07, 6.45) is 4.07. The molecule has 0 bridgehead atoms. The third-order valence-electron chi connectivity index (χ3n) is 5.40. The van der Waals surface area contributed by atoms with Gasteiger partial charge in [0.25, 0.3) is 5.91 Å². The summed E-state index contributed by atoms with van der Waals surface area (Å²) in [7, 11) is -3.29. The predicted molar refractivity (Wildman–Crippen MR) is 118 cm³/mol. The first kappa shape index (κ1) is 20.0. The highest BCUT2D eigenvalue weighted by atomic mass is 35.5. The molecule has 2 aromatic carbocycles. The highest BCUT2D eigenvalue weighted by molar-refractivity contribution is 7.93. The predicted octanol–water partition coefficient (Wildman–Crippen LogP) is 4.12. The summed E-state index contributed by atoms with van der Waals surface area (Å²) < 4.78 is 25.8. The van der Waals surface area contributed by atoms with E-state index < -0.39 is 10.0 Å². The Kier molecular flexibility index (Phi) is 5.69. The van der Waals surface area contributed by atoms with Crippen LogP contribution in [0.25, 0.3) is 0 Å². The van der Waals surface area contributed by atoms with Crippen LogP contribution in [-0.4, -0.2) is 39.7 Å². The van der Waals surface area contributed by atoms with E-state index in [1.54, 1.807) is 30.3 Å². The molecule has 8 heteroatoms. The van der Waals surface area contributed by atoms with Crippen LogP contribution in [-0.2, 0) is 10.0 Å². The van der Waals surface area contributed by atoms with E-state index in [2.05, 4.69) is 10.2 Å². The van der Waals surface area contributed by atoms with Crippen LogP contribution in [0.2, 0.25) is 5.02 Å². The number of benzene rings is 2. The fourth-order valence-electron chi connectivity index (χ4n) is 3.95. The van der Waals surface area contributed by atoms with Crippen LogP contribution in [0.5, 0.6) is 0 Å². The van der Waals surface area contributed by atoms with Gasteiger partial charge in [-0.05, 0) is 62.1 Å². The van der Waals surface area contributed by atoms with E-state index in [9.17, 15) is 13.2 Å². The fourth-order valence-corrected chi connectivity index (χ4v) is 5.67. The lowest BCUT2D eigenvalue weighted by Gasteiger charge is -2.30. The second kappa shape index (κ2) is 8.24. The Hall–Kier alpha value is -2.25. The Morgan fingerprint density at radius 3 is 2.48 bits per heavy atom. The van der Waals surface area contributed by atoms with Crippen molar-refractivity contribution in [1.29, 1.82) is 0 Å². The van der Waals surface area contributed by atoms with E-state index in [1.807, 2.05) is 12.1 Å². The Bertz CT molecular complexity index is 1020. The smallest absolute Gasteiger partial charge is 0.255 e. The van der Waals surface area contributed by atoms with Gasteiger partial charge in [-0.3, -0.25) is 9.10 Å². The third kappa shape index (κ3) is 4.36. The van der Waals surface area contributed by atoms with Crippen molar-refractivity contribution in [2.75, 3.05) is 39.9 Å². The van der Waals surface area contributed by atoms with Gasteiger partial charge in [0.05, 0.1) is 22.8 Å². The number of carbonyl (C=O) groups is 1. The zero-order valence-electron chi connectivity index (χ0n) is 16.1. The maximum absolute atomic E-state index is 12.9. The van der Waals surface area contributed by atoms with E-state index in [1.165, 1.54) is 10.7 Å². The number of hydrogen-bond donors (Lipinski definition) is 1. The molecule has 0 radical (unpaired) electrons. The van der Waals surface area contributed by atoms with Crippen molar-refractivity contribution in [3.63, 3.8) is 0 Å². The standard InChI is InChI=1S/C21H24ClN3O3S/c22-17-8-9-20(24-10-2-1-3-11-24)19(15-17)23-21(26)16-6-4-7-18(14-16)25-12-5-13-29(25,27)28/h4,6-9,14-15H,1-3,5,10-13H2,(H,23,26). The number of piperidine rings is 1.